The van der Waals surface area contributed by atoms with Gasteiger partial charge in [-0.15, -0.1) is 5.10 Å². The topological polar surface area (TPSA) is 103 Å². The van der Waals surface area contributed by atoms with Crippen molar-refractivity contribution >= 4 is 10.0 Å². The highest BCUT2D eigenvalue weighted by Crippen LogP contribution is 2.33. The van der Waals surface area contributed by atoms with E-state index in [1.54, 1.807) is 24.3 Å². The highest BCUT2D eigenvalue weighted by atomic mass is 32.2. The van der Waals surface area contributed by atoms with Crippen molar-refractivity contribution in [2.75, 3.05) is 39.4 Å². The molecule has 168 valence electrons. The number of benzene rings is 2. The number of tetrazole rings is 1. The average Bonchev–Trinajstić information content (AvgIpc) is 3.27. The molecule has 0 N–H and O–H groups in total. The van der Waals surface area contributed by atoms with Crippen molar-refractivity contribution in [1.29, 1.82) is 0 Å². The molecule has 1 aromatic heterocycles. The van der Waals surface area contributed by atoms with Gasteiger partial charge in [-0.3, -0.25) is 4.90 Å². The van der Waals surface area contributed by atoms with Crippen LogP contribution in [-0.4, -0.2) is 77.2 Å². The van der Waals surface area contributed by atoms with Crippen molar-refractivity contribution in [2.45, 2.75) is 11.4 Å². The molecule has 10 nitrogen and oxygen atoms in total. The van der Waals surface area contributed by atoms with E-state index in [0.717, 1.165) is 0 Å². The highest BCUT2D eigenvalue weighted by Gasteiger charge is 2.30. The van der Waals surface area contributed by atoms with Crippen molar-refractivity contribution < 1.29 is 22.3 Å². The summed E-state index contributed by atoms with van der Waals surface area (Å²) >= 11 is 0. The summed E-state index contributed by atoms with van der Waals surface area (Å²) in [6.07, 6.45) is 0. The number of hydrogen-bond donors (Lipinski definition) is 0. The Kier molecular flexibility index (Phi) is 5.49. The van der Waals surface area contributed by atoms with Crippen LogP contribution in [0.5, 0.6) is 11.5 Å². The van der Waals surface area contributed by atoms with Gasteiger partial charge in [-0.25, -0.2) is 12.8 Å². The van der Waals surface area contributed by atoms with E-state index in [1.807, 2.05) is 0 Å². The van der Waals surface area contributed by atoms with E-state index in [0.29, 0.717) is 68.9 Å². The molecule has 0 radical (unpaired) electrons. The fourth-order valence-corrected chi connectivity index (χ4v) is 5.21. The lowest BCUT2D eigenvalue weighted by Crippen LogP contribution is -2.48. The number of piperazine rings is 1. The molecule has 3 heterocycles. The molecule has 2 aliphatic heterocycles. The number of sulfonamides is 1. The maximum atomic E-state index is 13.6. The molecule has 0 unspecified atom stereocenters. The Morgan fingerprint density at radius 2 is 1.75 bits per heavy atom. The molecule has 0 atom stereocenters. The minimum Gasteiger partial charge on any atom is -0.486 e. The molecule has 3 aromatic rings. The summed E-state index contributed by atoms with van der Waals surface area (Å²) in [7, 11) is -3.65. The lowest BCUT2D eigenvalue weighted by molar-refractivity contribution is 0.170. The number of ether oxygens (including phenoxy) is 2. The number of halogens is 1. The van der Waals surface area contributed by atoms with Gasteiger partial charge in [-0.05, 0) is 40.8 Å². The zero-order valence-corrected chi connectivity index (χ0v) is 17.9. The maximum Gasteiger partial charge on any atom is 0.243 e. The molecule has 0 aliphatic carbocycles. The molecule has 1 saturated heterocycles. The zero-order chi connectivity index (χ0) is 22.1. The summed E-state index contributed by atoms with van der Waals surface area (Å²) in [5, 5.41) is 11.7. The van der Waals surface area contributed by atoms with Crippen LogP contribution in [0.25, 0.3) is 5.69 Å². The third-order valence-electron chi connectivity index (χ3n) is 5.43. The van der Waals surface area contributed by atoms with E-state index in [1.165, 1.54) is 27.2 Å². The normalized spacial score (nSPS) is 17.4. The van der Waals surface area contributed by atoms with E-state index >= 15 is 0 Å². The number of hydrogen-bond acceptors (Lipinski definition) is 8. The minimum atomic E-state index is -3.65. The Labute approximate surface area is 184 Å². The molecule has 32 heavy (non-hydrogen) atoms. The van der Waals surface area contributed by atoms with E-state index in [-0.39, 0.29) is 10.7 Å². The molecule has 12 heteroatoms. The van der Waals surface area contributed by atoms with Crippen LogP contribution in [0.15, 0.2) is 47.4 Å². The predicted molar refractivity (Wildman–Crippen MR) is 111 cm³/mol. The lowest BCUT2D eigenvalue weighted by Gasteiger charge is -2.33. The van der Waals surface area contributed by atoms with Crippen LogP contribution in [0, 0.1) is 5.82 Å². The van der Waals surface area contributed by atoms with Crippen molar-refractivity contribution in [3.8, 4) is 17.2 Å². The summed E-state index contributed by atoms with van der Waals surface area (Å²) in [5.41, 5.74) is 0.532. The van der Waals surface area contributed by atoms with Crippen molar-refractivity contribution in [3.63, 3.8) is 0 Å². The third-order valence-corrected chi connectivity index (χ3v) is 7.33. The molecule has 0 amide bonds. The standard InChI is InChI=1S/C20H21FN6O4S/c21-15-2-1-3-16(12-15)27-20(22-23-24-27)14-25-6-8-26(9-7-25)32(28,29)17-4-5-18-19(13-17)31-11-10-30-18/h1-5,12-13H,6-11,14H2. The second-order valence-corrected chi connectivity index (χ2v) is 9.41. The van der Waals surface area contributed by atoms with Crippen LogP contribution in [0.1, 0.15) is 5.82 Å². The first-order valence-electron chi connectivity index (χ1n) is 10.2. The van der Waals surface area contributed by atoms with E-state index in [4.69, 9.17) is 9.47 Å². The molecule has 1 fully saturated rings. The lowest BCUT2D eigenvalue weighted by atomic mass is 10.3. The molecule has 0 spiro atoms. The fourth-order valence-electron chi connectivity index (χ4n) is 3.77. The van der Waals surface area contributed by atoms with Gasteiger partial charge in [-0.2, -0.15) is 8.99 Å². The number of fused-ring (bicyclic) bond motifs is 1. The first-order chi connectivity index (χ1) is 15.5. The monoisotopic (exact) mass is 460 g/mol. The molecule has 2 aliphatic rings. The summed E-state index contributed by atoms with van der Waals surface area (Å²) in [6.45, 7) is 2.95. The van der Waals surface area contributed by atoms with Gasteiger partial charge in [-0.1, -0.05) is 6.07 Å². The van der Waals surface area contributed by atoms with Crippen LogP contribution in [-0.2, 0) is 16.6 Å². The van der Waals surface area contributed by atoms with E-state index < -0.39 is 10.0 Å². The number of nitrogens with zero attached hydrogens (tertiary/aromatic N) is 6. The Morgan fingerprint density at radius 1 is 0.969 bits per heavy atom. The van der Waals surface area contributed by atoms with Gasteiger partial charge in [0, 0.05) is 32.2 Å². The minimum absolute atomic E-state index is 0.185. The van der Waals surface area contributed by atoms with Gasteiger partial charge in [0.1, 0.15) is 19.0 Å². The smallest absolute Gasteiger partial charge is 0.243 e. The summed E-state index contributed by atoms with van der Waals surface area (Å²) < 4.78 is 53.7. The van der Waals surface area contributed by atoms with Crippen molar-refractivity contribution in [1.82, 2.24) is 29.4 Å². The molecule has 0 saturated carbocycles. The van der Waals surface area contributed by atoms with Crippen LogP contribution < -0.4 is 9.47 Å². The molecule has 0 bridgehead atoms. The predicted octanol–water partition coefficient (Wildman–Crippen LogP) is 1.08. The van der Waals surface area contributed by atoms with E-state index in [2.05, 4.69) is 20.4 Å². The third kappa shape index (κ3) is 4.04. The second kappa shape index (κ2) is 8.45. The van der Waals surface area contributed by atoms with Crippen molar-refractivity contribution in [2.24, 2.45) is 0 Å². The zero-order valence-electron chi connectivity index (χ0n) is 17.1. The largest absolute Gasteiger partial charge is 0.486 e. The number of aromatic nitrogens is 4. The van der Waals surface area contributed by atoms with Crippen LogP contribution in [0.4, 0.5) is 4.39 Å². The number of rotatable bonds is 5. The van der Waals surface area contributed by atoms with Gasteiger partial charge in [0.15, 0.2) is 17.3 Å². The van der Waals surface area contributed by atoms with E-state index in [9.17, 15) is 12.8 Å². The van der Waals surface area contributed by atoms with Gasteiger partial charge < -0.3 is 9.47 Å². The summed E-state index contributed by atoms with van der Waals surface area (Å²) in [6, 6.07) is 10.7. The molecule has 5 rings (SSSR count). The van der Waals surface area contributed by atoms with Crippen LogP contribution >= 0.6 is 0 Å². The summed E-state index contributed by atoms with van der Waals surface area (Å²) in [4.78, 5) is 2.25. The quantitative estimate of drug-likeness (QED) is 0.557. The second-order valence-electron chi connectivity index (χ2n) is 7.47. The average molecular weight is 460 g/mol. The highest BCUT2D eigenvalue weighted by molar-refractivity contribution is 7.89. The Hall–Kier alpha value is -3.09. The maximum absolute atomic E-state index is 13.6. The van der Waals surface area contributed by atoms with Crippen LogP contribution in [0.2, 0.25) is 0 Å². The Balaban J connectivity index is 1.26. The Morgan fingerprint density at radius 3 is 2.53 bits per heavy atom. The Bertz CT molecular complexity index is 1230. The first kappa shape index (κ1) is 20.8. The van der Waals surface area contributed by atoms with Gasteiger partial charge in [0.25, 0.3) is 0 Å². The van der Waals surface area contributed by atoms with Gasteiger partial charge in [0.05, 0.1) is 17.1 Å². The molecular weight excluding hydrogens is 439 g/mol. The van der Waals surface area contributed by atoms with Crippen LogP contribution in [0.3, 0.4) is 0 Å². The fraction of sp³-hybridized carbons (Fsp3) is 0.350. The van der Waals surface area contributed by atoms with Gasteiger partial charge in [0.2, 0.25) is 10.0 Å². The molecule has 2 aromatic carbocycles. The SMILES string of the molecule is O=S(=O)(c1ccc2c(c1)OCCO2)N1CCN(Cc2nnnn2-c2cccc(F)c2)CC1. The van der Waals surface area contributed by atoms with Gasteiger partial charge >= 0.3 is 0 Å². The molecular formula is C20H21FN6O4S. The summed E-state index contributed by atoms with van der Waals surface area (Å²) in [5.74, 6) is 1.18. The first-order valence-corrected chi connectivity index (χ1v) is 11.6. The van der Waals surface area contributed by atoms with Crippen molar-refractivity contribution in [3.05, 3.63) is 54.1 Å².